The molecule has 2 saturated heterocycles. The van der Waals surface area contributed by atoms with E-state index in [4.69, 9.17) is 16.3 Å². The number of carbonyl (C=O) groups excluding carboxylic acids is 3. The lowest BCUT2D eigenvalue weighted by Crippen LogP contribution is -2.41. The van der Waals surface area contributed by atoms with E-state index in [2.05, 4.69) is 15.5 Å². The number of aromatic hydroxyl groups is 1. The van der Waals surface area contributed by atoms with Crippen molar-refractivity contribution in [2.75, 3.05) is 32.8 Å². The molecule has 1 aromatic heterocycles. The maximum Gasteiger partial charge on any atom is 0.251 e. The lowest BCUT2D eigenvalue weighted by Gasteiger charge is -2.26. The smallest absolute Gasteiger partial charge is 0.251 e. The average molecular weight is 525 g/mol. The monoisotopic (exact) mass is 524 g/mol. The number of hydrogen-bond acceptors (Lipinski definition) is 6. The van der Waals surface area contributed by atoms with E-state index in [1.54, 1.807) is 24.4 Å². The topological polar surface area (TPSA) is 113 Å². The van der Waals surface area contributed by atoms with Crippen molar-refractivity contribution in [3.63, 3.8) is 0 Å². The molecule has 9 nitrogen and oxygen atoms in total. The number of nitrogens with zero attached hydrogens (tertiary/aromatic N) is 2. The van der Waals surface area contributed by atoms with Gasteiger partial charge in [0.25, 0.3) is 5.91 Å². The molecule has 10 heteroatoms. The number of piperidine rings is 1. The molecule has 1 unspecified atom stereocenters. The average Bonchev–Trinajstić information content (AvgIpc) is 3.22. The number of morpholine rings is 1. The van der Waals surface area contributed by atoms with Gasteiger partial charge in [0.2, 0.25) is 11.8 Å². The SMILES string of the molecule is O=C1CCC(n2cc3cc(CNC(=O)c4ccc(Cl)c(CCN5CCOCC5)c4)ccc3c2O)C(=O)N1. The van der Waals surface area contributed by atoms with Crippen LogP contribution in [0, 0.1) is 0 Å². The van der Waals surface area contributed by atoms with Crippen LogP contribution >= 0.6 is 11.6 Å². The highest BCUT2D eigenvalue weighted by Crippen LogP contribution is 2.33. The van der Waals surface area contributed by atoms with Gasteiger partial charge in [-0.1, -0.05) is 17.7 Å². The number of fused-ring (bicyclic) bond motifs is 1. The minimum Gasteiger partial charge on any atom is -0.494 e. The Hall–Kier alpha value is -3.40. The number of aromatic nitrogens is 1. The van der Waals surface area contributed by atoms with Gasteiger partial charge in [-0.2, -0.15) is 0 Å². The van der Waals surface area contributed by atoms with Crippen LogP contribution in [0.1, 0.15) is 40.4 Å². The standard InChI is InChI=1S/C27H29ClN4O5/c28-22-4-2-19(14-18(22)7-8-31-9-11-37-12-10-31)25(34)29-15-17-1-3-21-20(13-17)16-32(27(21)36)23-5-6-24(33)30-26(23)35/h1-4,13-14,16,23,36H,5-12,15H2,(H,29,34)(H,30,33,35). The zero-order chi connectivity index (χ0) is 25.9. The van der Waals surface area contributed by atoms with Gasteiger partial charge in [-0.05, 0) is 54.3 Å². The van der Waals surface area contributed by atoms with E-state index in [1.165, 1.54) is 4.57 Å². The van der Waals surface area contributed by atoms with Gasteiger partial charge < -0.3 is 19.7 Å². The third kappa shape index (κ3) is 5.64. The summed E-state index contributed by atoms with van der Waals surface area (Å²) in [4.78, 5) is 38.9. The second kappa shape index (κ2) is 10.9. The third-order valence-electron chi connectivity index (χ3n) is 6.99. The Morgan fingerprint density at radius 2 is 1.97 bits per heavy atom. The summed E-state index contributed by atoms with van der Waals surface area (Å²) < 4.78 is 6.90. The summed E-state index contributed by atoms with van der Waals surface area (Å²) in [6.07, 6.45) is 3.01. The number of ether oxygens (including phenoxy) is 1. The first-order chi connectivity index (χ1) is 17.9. The van der Waals surface area contributed by atoms with Crippen LogP contribution in [-0.2, 0) is 27.3 Å². The Morgan fingerprint density at radius 3 is 2.76 bits per heavy atom. The van der Waals surface area contributed by atoms with Crippen LogP contribution in [0.15, 0.2) is 42.6 Å². The van der Waals surface area contributed by atoms with E-state index >= 15 is 0 Å². The van der Waals surface area contributed by atoms with Crippen molar-refractivity contribution in [1.29, 1.82) is 0 Å². The van der Waals surface area contributed by atoms with Crippen LogP contribution in [0.2, 0.25) is 5.02 Å². The van der Waals surface area contributed by atoms with Crippen LogP contribution in [-0.4, -0.2) is 65.1 Å². The van der Waals surface area contributed by atoms with Crippen molar-refractivity contribution in [3.05, 3.63) is 64.3 Å². The van der Waals surface area contributed by atoms with Crippen LogP contribution in [0.3, 0.4) is 0 Å². The van der Waals surface area contributed by atoms with Crippen molar-refractivity contribution in [2.24, 2.45) is 0 Å². The molecule has 3 N–H and O–H groups in total. The fourth-order valence-corrected chi connectivity index (χ4v) is 5.08. The number of benzene rings is 2. The summed E-state index contributed by atoms with van der Waals surface area (Å²) in [6.45, 7) is 4.43. The number of imide groups is 1. The highest BCUT2D eigenvalue weighted by molar-refractivity contribution is 6.31. The Bertz CT molecular complexity index is 1350. The van der Waals surface area contributed by atoms with Crippen molar-refractivity contribution >= 4 is 40.1 Å². The van der Waals surface area contributed by atoms with Crippen LogP contribution in [0.5, 0.6) is 5.88 Å². The molecule has 2 fully saturated rings. The molecule has 2 aliphatic heterocycles. The molecule has 0 aliphatic carbocycles. The van der Waals surface area contributed by atoms with Gasteiger partial charge in [-0.15, -0.1) is 0 Å². The van der Waals surface area contributed by atoms with Crippen molar-refractivity contribution in [2.45, 2.75) is 31.8 Å². The molecule has 3 amide bonds. The summed E-state index contributed by atoms with van der Waals surface area (Å²) in [7, 11) is 0. The van der Waals surface area contributed by atoms with Crippen molar-refractivity contribution in [1.82, 2.24) is 20.1 Å². The lowest BCUT2D eigenvalue weighted by molar-refractivity contribution is -0.135. The normalized spacial score (nSPS) is 18.7. The first-order valence-corrected chi connectivity index (χ1v) is 12.8. The Balaban J connectivity index is 1.24. The second-order valence-electron chi connectivity index (χ2n) is 9.44. The Labute approximate surface area is 219 Å². The van der Waals surface area contributed by atoms with Crippen molar-refractivity contribution < 1.29 is 24.2 Å². The third-order valence-corrected chi connectivity index (χ3v) is 7.36. The summed E-state index contributed by atoms with van der Waals surface area (Å²) in [6, 6.07) is 10.1. The number of rotatable bonds is 7. The van der Waals surface area contributed by atoms with Crippen LogP contribution in [0.25, 0.3) is 10.8 Å². The first-order valence-electron chi connectivity index (χ1n) is 12.4. The second-order valence-corrected chi connectivity index (χ2v) is 9.85. The molecule has 2 aliphatic rings. The molecular weight excluding hydrogens is 496 g/mol. The van der Waals surface area contributed by atoms with E-state index in [0.717, 1.165) is 55.8 Å². The summed E-state index contributed by atoms with van der Waals surface area (Å²) in [5.74, 6) is -0.953. The molecule has 0 saturated carbocycles. The summed E-state index contributed by atoms with van der Waals surface area (Å²) >= 11 is 6.40. The van der Waals surface area contributed by atoms with Gasteiger partial charge in [0.1, 0.15) is 6.04 Å². The minimum atomic E-state index is -0.643. The molecular formula is C27H29ClN4O5. The molecule has 3 aromatic rings. The van der Waals surface area contributed by atoms with Gasteiger partial charge in [-0.25, -0.2) is 0 Å². The van der Waals surface area contributed by atoms with Gasteiger partial charge in [-0.3, -0.25) is 24.6 Å². The van der Waals surface area contributed by atoms with Gasteiger partial charge in [0.05, 0.1) is 13.2 Å². The molecule has 2 aromatic carbocycles. The Kier molecular flexibility index (Phi) is 7.45. The molecule has 3 heterocycles. The number of amides is 3. The van der Waals surface area contributed by atoms with E-state index in [9.17, 15) is 19.5 Å². The first kappa shape index (κ1) is 25.3. The zero-order valence-electron chi connectivity index (χ0n) is 20.3. The van der Waals surface area contributed by atoms with Gasteiger partial charge in [0, 0.05) is 60.2 Å². The number of carbonyl (C=O) groups is 3. The Morgan fingerprint density at radius 1 is 1.16 bits per heavy atom. The fraction of sp³-hybridized carbons (Fsp3) is 0.370. The molecule has 0 radical (unpaired) electrons. The number of halogens is 1. The molecule has 194 valence electrons. The van der Waals surface area contributed by atoms with Crippen LogP contribution < -0.4 is 10.6 Å². The van der Waals surface area contributed by atoms with Gasteiger partial charge in [0.15, 0.2) is 5.88 Å². The van der Waals surface area contributed by atoms with E-state index in [-0.39, 0.29) is 24.1 Å². The predicted octanol–water partition coefficient (Wildman–Crippen LogP) is 2.78. The quantitative estimate of drug-likeness (QED) is 0.410. The molecule has 0 bridgehead atoms. The predicted molar refractivity (Wildman–Crippen MR) is 139 cm³/mol. The molecule has 0 spiro atoms. The maximum absolute atomic E-state index is 12.9. The fourth-order valence-electron chi connectivity index (χ4n) is 4.86. The molecule has 1 atom stereocenters. The van der Waals surface area contributed by atoms with E-state index in [1.807, 2.05) is 18.2 Å². The zero-order valence-corrected chi connectivity index (χ0v) is 21.1. The van der Waals surface area contributed by atoms with Gasteiger partial charge >= 0.3 is 0 Å². The van der Waals surface area contributed by atoms with Crippen molar-refractivity contribution in [3.8, 4) is 5.88 Å². The lowest BCUT2D eigenvalue weighted by atomic mass is 10.1. The summed E-state index contributed by atoms with van der Waals surface area (Å²) in [5, 5.41) is 17.9. The molecule has 5 rings (SSSR count). The molecule has 37 heavy (non-hydrogen) atoms. The minimum absolute atomic E-state index is 0.0224. The largest absolute Gasteiger partial charge is 0.494 e. The highest BCUT2D eigenvalue weighted by atomic mass is 35.5. The van der Waals surface area contributed by atoms with Crippen LogP contribution in [0.4, 0.5) is 0 Å². The highest BCUT2D eigenvalue weighted by Gasteiger charge is 2.30. The number of nitrogens with one attached hydrogen (secondary N) is 2. The summed E-state index contributed by atoms with van der Waals surface area (Å²) in [5.41, 5.74) is 2.33. The maximum atomic E-state index is 12.9. The van der Waals surface area contributed by atoms with E-state index in [0.29, 0.717) is 28.9 Å². The van der Waals surface area contributed by atoms with E-state index < -0.39 is 11.9 Å². The number of hydrogen-bond donors (Lipinski definition) is 3.